The minimum atomic E-state index is 0.121. The van der Waals surface area contributed by atoms with Gasteiger partial charge < -0.3 is 4.98 Å². The van der Waals surface area contributed by atoms with Crippen LogP contribution in [-0.4, -0.2) is 10.8 Å². The Morgan fingerprint density at radius 2 is 1.56 bits per heavy atom. The lowest BCUT2D eigenvalue weighted by Crippen LogP contribution is -2.06. The molecule has 4 rings (SSSR count). The second-order valence-electron chi connectivity index (χ2n) is 7.29. The van der Waals surface area contributed by atoms with Crippen molar-refractivity contribution < 1.29 is 4.79 Å². The van der Waals surface area contributed by atoms with Crippen LogP contribution in [0.2, 0.25) is 0 Å². The number of hydrogen-bond acceptors (Lipinski definition) is 1. The fraction of sp³-hybridized carbons (Fsp3) is 0.240. The molecule has 0 bridgehead atoms. The molecular weight excluding hydrogens is 330 g/mol. The van der Waals surface area contributed by atoms with E-state index in [1.165, 1.54) is 18.4 Å². The van der Waals surface area contributed by atoms with E-state index in [0.717, 1.165) is 51.3 Å². The number of rotatable bonds is 6. The van der Waals surface area contributed by atoms with Crippen molar-refractivity contribution in [3.8, 4) is 0 Å². The number of ketones is 1. The van der Waals surface area contributed by atoms with Crippen LogP contribution in [0, 0.1) is 6.92 Å². The first-order valence-corrected chi connectivity index (χ1v) is 9.83. The van der Waals surface area contributed by atoms with Crippen molar-refractivity contribution in [2.75, 3.05) is 0 Å². The van der Waals surface area contributed by atoms with E-state index < -0.39 is 0 Å². The summed E-state index contributed by atoms with van der Waals surface area (Å²) in [7, 11) is 0. The zero-order valence-electron chi connectivity index (χ0n) is 16.0. The highest BCUT2D eigenvalue weighted by molar-refractivity contribution is 6.22. The van der Waals surface area contributed by atoms with E-state index in [2.05, 4.69) is 49.2 Å². The molecule has 0 aliphatic rings. The van der Waals surface area contributed by atoms with Gasteiger partial charge in [0.25, 0.3) is 0 Å². The van der Waals surface area contributed by atoms with Gasteiger partial charge in [-0.1, -0.05) is 74.4 Å². The Bertz CT molecular complexity index is 1120. The normalized spacial score (nSPS) is 11.3. The van der Waals surface area contributed by atoms with E-state index in [0.29, 0.717) is 0 Å². The summed E-state index contributed by atoms with van der Waals surface area (Å²) in [5.74, 6) is 0.121. The molecule has 4 aromatic rings. The standard InChI is InChI=1S/C25H25NO/c1-3-4-5-14-23-24(21-12-8-9-13-22(21)26-23)25(27)20-16-15-17(2)18-10-6-7-11-19(18)20/h6-13,15-16,26H,3-5,14H2,1-2H3. The van der Waals surface area contributed by atoms with E-state index >= 15 is 0 Å². The number of fused-ring (bicyclic) bond motifs is 2. The molecule has 27 heavy (non-hydrogen) atoms. The van der Waals surface area contributed by atoms with Crippen molar-refractivity contribution in [1.82, 2.24) is 4.98 Å². The maximum Gasteiger partial charge on any atom is 0.196 e. The number of hydrogen-bond donors (Lipinski definition) is 1. The van der Waals surface area contributed by atoms with Gasteiger partial charge in [-0.2, -0.15) is 0 Å². The third kappa shape index (κ3) is 3.16. The van der Waals surface area contributed by atoms with Crippen LogP contribution in [0.1, 0.15) is 53.4 Å². The molecule has 2 heteroatoms. The van der Waals surface area contributed by atoms with Crippen molar-refractivity contribution in [2.24, 2.45) is 0 Å². The summed E-state index contributed by atoms with van der Waals surface area (Å²) in [4.78, 5) is 17.2. The molecule has 0 saturated heterocycles. The molecule has 0 amide bonds. The van der Waals surface area contributed by atoms with E-state index in [4.69, 9.17) is 0 Å². The number of aromatic amines is 1. The molecule has 3 aromatic carbocycles. The third-order valence-corrected chi connectivity index (χ3v) is 5.43. The van der Waals surface area contributed by atoms with Gasteiger partial charge in [-0.15, -0.1) is 0 Å². The minimum absolute atomic E-state index is 0.121. The average molecular weight is 355 g/mol. The third-order valence-electron chi connectivity index (χ3n) is 5.43. The van der Waals surface area contributed by atoms with Gasteiger partial charge in [0.05, 0.1) is 5.56 Å². The fourth-order valence-corrected chi connectivity index (χ4v) is 3.98. The van der Waals surface area contributed by atoms with Crippen molar-refractivity contribution in [1.29, 1.82) is 0 Å². The summed E-state index contributed by atoms with van der Waals surface area (Å²) < 4.78 is 0. The van der Waals surface area contributed by atoms with Gasteiger partial charge in [-0.25, -0.2) is 0 Å². The zero-order valence-corrected chi connectivity index (χ0v) is 16.0. The second-order valence-corrected chi connectivity index (χ2v) is 7.29. The van der Waals surface area contributed by atoms with Crippen molar-refractivity contribution in [3.63, 3.8) is 0 Å². The summed E-state index contributed by atoms with van der Waals surface area (Å²) in [5, 5.41) is 3.21. The molecule has 0 aliphatic heterocycles. The first-order chi connectivity index (χ1) is 13.2. The Labute approximate surface area is 160 Å². The Balaban J connectivity index is 1.88. The topological polar surface area (TPSA) is 32.9 Å². The van der Waals surface area contributed by atoms with Gasteiger partial charge in [0.15, 0.2) is 5.78 Å². The second kappa shape index (κ2) is 7.40. The Hall–Kier alpha value is -2.87. The molecule has 1 N–H and O–H groups in total. The lowest BCUT2D eigenvalue weighted by Gasteiger charge is -2.10. The number of benzene rings is 3. The highest BCUT2D eigenvalue weighted by atomic mass is 16.1. The molecule has 0 atom stereocenters. The van der Waals surface area contributed by atoms with Gasteiger partial charge in [-0.05, 0) is 42.2 Å². The first kappa shape index (κ1) is 17.5. The Morgan fingerprint density at radius 1 is 0.852 bits per heavy atom. The highest BCUT2D eigenvalue weighted by Gasteiger charge is 2.21. The van der Waals surface area contributed by atoms with Gasteiger partial charge in [0.2, 0.25) is 0 Å². The average Bonchev–Trinajstić information content (AvgIpc) is 3.06. The van der Waals surface area contributed by atoms with Crippen LogP contribution in [0.5, 0.6) is 0 Å². The maximum atomic E-state index is 13.7. The van der Waals surface area contributed by atoms with E-state index in [-0.39, 0.29) is 5.78 Å². The van der Waals surface area contributed by atoms with Crippen LogP contribution >= 0.6 is 0 Å². The minimum Gasteiger partial charge on any atom is -0.358 e. The highest BCUT2D eigenvalue weighted by Crippen LogP contribution is 2.30. The number of carbonyl (C=O) groups is 1. The Morgan fingerprint density at radius 3 is 2.33 bits per heavy atom. The van der Waals surface area contributed by atoms with E-state index in [9.17, 15) is 4.79 Å². The lowest BCUT2D eigenvalue weighted by atomic mass is 9.92. The van der Waals surface area contributed by atoms with Gasteiger partial charge in [0.1, 0.15) is 0 Å². The molecule has 1 heterocycles. The molecule has 0 aliphatic carbocycles. The molecule has 136 valence electrons. The number of aryl methyl sites for hydroxylation is 2. The largest absolute Gasteiger partial charge is 0.358 e. The van der Waals surface area contributed by atoms with Gasteiger partial charge in [-0.3, -0.25) is 4.79 Å². The summed E-state index contributed by atoms with van der Waals surface area (Å²) in [6.45, 7) is 4.30. The smallest absolute Gasteiger partial charge is 0.196 e. The predicted molar refractivity (Wildman–Crippen MR) is 114 cm³/mol. The summed E-state index contributed by atoms with van der Waals surface area (Å²) in [5.41, 5.74) is 4.95. The van der Waals surface area contributed by atoms with E-state index in [1.807, 2.05) is 30.3 Å². The summed E-state index contributed by atoms with van der Waals surface area (Å²) in [6, 6.07) is 20.4. The van der Waals surface area contributed by atoms with Crippen molar-refractivity contribution in [2.45, 2.75) is 39.5 Å². The predicted octanol–water partition coefficient (Wildman–Crippen LogP) is 6.59. The molecule has 2 nitrogen and oxygen atoms in total. The molecule has 1 aromatic heterocycles. The summed E-state index contributed by atoms with van der Waals surface area (Å²) >= 11 is 0. The zero-order chi connectivity index (χ0) is 18.8. The van der Waals surface area contributed by atoms with Gasteiger partial charge in [0, 0.05) is 22.2 Å². The summed E-state index contributed by atoms with van der Waals surface area (Å²) in [6.07, 6.45) is 4.36. The van der Waals surface area contributed by atoms with Crippen LogP contribution in [0.4, 0.5) is 0 Å². The van der Waals surface area contributed by atoms with E-state index in [1.54, 1.807) is 0 Å². The number of H-pyrrole nitrogens is 1. The van der Waals surface area contributed by atoms with Crippen molar-refractivity contribution in [3.05, 3.63) is 83.0 Å². The number of para-hydroxylation sites is 1. The molecule has 0 spiro atoms. The van der Waals surface area contributed by atoms with Crippen molar-refractivity contribution >= 4 is 27.5 Å². The van der Waals surface area contributed by atoms with Crippen LogP contribution in [0.25, 0.3) is 21.7 Å². The number of aromatic nitrogens is 1. The molecule has 0 unspecified atom stereocenters. The van der Waals surface area contributed by atoms with Crippen LogP contribution < -0.4 is 0 Å². The fourth-order valence-electron chi connectivity index (χ4n) is 3.98. The number of carbonyl (C=O) groups excluding carboxylic acids is 1. The van der Waals surface area contributed by atoms with Crippen LogP contribution in [0.15, 0.2) is 60.7 Å². The van der Waals surface area contributed by atoms with Crippen LogP contribution in [-0.2, 0) is 6.42 Å². The molecular formula is C25H25NO. The molecule has 0 radical (unpaired) electrons. The quantitative estimate of drug-likeness (QED) is 0.307. The first-order valence-electron chi connectivity index (χ1n) is 9.83. The molecule has 0 saturated carbocycles. The SMILES string of the molecule is CCCCCc1[nH]c2ccccc2c1C(=O)c1ccc(C)c2ccccc12. The monoisotopic (exact) mass is 355 g/mol. The van der Waals surface area contributed by atoms with Gasteiger partial charge >= 0.3 is 0 Å². The Kier molecular flexibility index (Phi) is 4.81. The lowest BCUT2D eigenvalue weighted by molar-refractivity contribution is 0.104. The molecule has 0 fully saturated rings. The maximum absolute atomic E-state index is 13.7. The number of unbranched alkanes of at least 4 members (excludes halogenated alkanes) is 2. The van der Waals surface area contributed by atoms with Crippen LogP contribution in [0.3, 0.4) is 0 Å². The number of nitrogens with one attached hydrogen (secondary N) is 1.